The molecule has 0 unspecified atom stereocenters. The SMILES string of the molecule is Cc1cccc(COC(=O)CCCOC(=O)OC2CCN(C)CC2)c1. The second kappa shape index (κ2) is 10.0. The lowest BCUT2D eigenvalue weighted by Crippen LogP contribution is -2.35. The molecule has 1 aromatic carbocycles. The number of esters is 1. The maximum absolute atomic E-state index is 11.7. The summed E-state index contributed by atoms with van der Waals surface area (Å²) in [5, 5.41) is 0. The van der Waals surface area contributed by atoms with Crippen molar-refractivity contribution in [2.75, 3.05) is 26.7 Å². The fourth-order valence-corrected chi connectivity index (χ4v) is 2.68. The summed E-state index contributed by atoms with van der Waals surface area (Å²) in [4.78, 5) is 25.5. The fourth-order valence-electron chi connectivity index (χ4n) is 2.68. The van der Waals surface area contributed by atoms with Crippen LogP contribution in [0, 0.1) is 6.92 Å². The van der Waals surface area contributed by atoms with Gasteiger partial charge in [0.2, 0.25) is 0 Å². The van der Waals surface area contributed by atoms with Crippen molar-refractivity contribution >= 4 is 12.1 Å². The first kappa shape index (κ1) is 19.2. The van der Waals surface area contributed by atoms with Gasteiger partial charge in [-0.05, 0) is 38.8 Å². The minimum absolute atomic E-state index is 0.0667. The van der Waals surface area contributed by atoms with E-state index >= 15 is 0 Å². The molecular weight excluding hydrogens is 322 g/mol. The molecule has 1 heterocycles. The van der Waals surface area contributed by atoms with Crippen molar-refractivity contribution in [3.05, 3.63) is 35.4 Å². The molecule has 0 atom stereocenters. The zero-order chi connectivity index (χ0) is 18.1. The van der Waals surface area contributed by atoms with Crippen molar-refractivity contribution in [1.82, 2.24) is 4.90 Å². The molecule has 1 fully saturated rings. The van der Waals surface area contributed by atoms with Crippen LogP contribution >= 0.6 is 0 Å². The van der Waals surface area contributed by atoms with Crippen molar-refractivity contribution in [1.29, 1.82) is 0 Å². The third-order valence-corrected chi connectivity index (χ3v) is 4.16. The number of aryl methyl sites for hydroxylation is 1. The molecular formula is C19H27NO5. The summed E-state index contributed by atoms with van der Waals surface area (Å²) in [6, 6.07) is 7.83. The lowest BCUT2D eigenvalue weighted by atomic mass is 10.1. The van der Waals surface area contributed by atoms with Gasteiger partial charge in [0.25, 0.3) is 0 Å². The Kier molecular flexibility index (Phi) is 7.73. The molecule has 6 heteroatoms. The van der Waals surface area contributed by atoms with Gasteiger partial charge in [-0.1, -0.05) is 29.8 Å². The highest BCUT2D eigenvalue weighted by molar-refractivity contribution is 5.69. The quantitative estimate of drug-likeness (QED) is 0.557. The molecule has 0 saturated carbocycles. The van der Waals surface area contributed by atoms with Crippen molar-refractivity contribution in [3.63, 3.8) is 0 Å². The Morgan fingerprint density at radius 3 is 2.68 bits per heavy atom. The first-order chi connectivity index (χ1) is 12.0. The predicted octanol–water partition coefficient (Wildman–Crippen LogP) is 3.07. The number of carbonyl (C=O) groups is 2. The van der Waals surface area contributed by atoms with E-state index < -0.39 is 6.16 Å². The normalized spacial score (nSPS) is 15.6. The van der Waals surface area contributed by atoms with Crippen molar-refractivity contribution in [2.45, 2.75) is 45.3 Å². The van der Waals surface area contributed by atoms with Gasteiger partial charge in [0.05, 0.1) is 6.61 Å². The summed E-state index contributed by atoms with van der Waals surface area (Å²) in [5.74, 6) is -0.297. The van der Waals surface area contributed by atoms with Crippen molar-refractivity contribution in [3.8, 4) is 0 Å². The number of carbonyl (C=O) groups excluding carboxylic acids is 2. The molecule has 0 N–H and O–H groups in total. The smallest absolute Gasteiger partial charge is 0.461 e. The van der Waals surface area contributed by atoms with Crippen molar-refractivity contribution in [2.24, 2.45) is 0 Å². The second-order valence-corrected chi connectivity index (χ2v) is 6.47. The van der Waals surface area contributed by atoms with Gasteiger partial charge in [0.15, 0.2) is 0 Å². The van der Waals surface area contributed by atoms with E-state index in [1.165, 1.54) is 0 Å². The van der Waals surface area contributed by atoms with E-state index in [0.29, 0.717) is 6.42 Å². The van der Waals surface area contributed by atoms with Crippen LogP contribution in [0.1, 0.15) is 36.8 Å². The molecule has 6 nitrogen and oxygen atoms in total. The van der Waals surface area contributed by atoms with Crippen LogP contribution < -0.4 is 0 Å². The molecule has 0 amide bonds. The molecule has 0 aromatic heterocycles. The third kappa shape index (κ3) is 7.56. The number of ether oxygens (including phenoxy) is 3. The van der Waals surface area contributed by atoms with Crippen LogP contribution in [0.5, 0.6) is 0 Å². The number of rotatable bonds is 7. The van der Waals surface area contributed by atoms with Crippen LogP contribution in [-0.4, -0.2) is 49.9 Å². The highest BCUT2D eigenvalue weighted by atomic mass is 16.7. The number of hydrogen-bond acceptors (Lipinski definition) is 6. The average molecular weight is 349 g/mol. The van der Waals surface area contributed by atoms with E-state index in [4.69, 9.17) is 14.2 Å². The zero-order valence-corrected chi connectivity index (χ0v) is 15.0. The molecule has 2 rings (SSSR count). The molecule has 1 saturated heterocycles. The average Bonchev–Trinajstić information content (AvgIpc) is 2.59. The summed E-state index contributed by atoms with van der Waals surface area (Å²) >= 11 is 0. The second-order valence-electron chi connectivity index (χ2n) is 6.47. The van der Waals surface area contributed by atoms with E-state index in [0.717, 1.165) is 37.1 Å². The van der Waals surface area contributed by atoms with Gasteiger partial charge in [0.1, 0.15) is 12.7 Å². The summed E-state index contributed by atoms with van der Waals surface area (Å²) in [6.45, 7) is 4.26. The molecule has 0 spiro atoms. The Morgan fingerprint density at radius 2 is 1.96 bits per heavy atom. The Morgan fingerprint density at radius 1 is 1.20 bits per heavy atom. The number of nitrogens with zero attached hydrogens (tertiary/aromatic N) is 1. The first-order valence-electron chi connectivity index (χ1n) is 8.76. The number of piperidine rings is 1. The summed E-state index contributed by atoms with van der Waals surface area (Å²) in [5.41, 5.74) is 2.09. The lowest BCUT2D eigenvalue weighted by molar-refractivity contribution is -0.145. The van der Waals surface area contributed by atoms with Gasteiger partial charge in [0, 0.05) is 19.5 Å². The van der Waals surface area contributed by atoms with Crippen LogP contribution in [0.15, 0.2) is 24.3 Å². The van der Waals surface area contributed by atoms with E-state index in [-0.39, 0.29) is 31.7 Å². The van der Waals surface area contributed by atoms with E-state index in [1.807, 2.05) is 38.2 Å². The molecule has 1 aliphatic heterocycles. The number of hydrogen-bond donors (Lipinski definition) is 0. The maximum atomic E-state index is 11.7. The number of benzene rings is 1. The lowest BCUT2D eigenvalue weighted by Gasteiger charge is -2.28. The minimum atomic E-state index is -0.650. The highest BCUT2D eigenvalue weighted by Crippen LogP contribution is 2.13. The van der Waals surface area contributed by atoms with E-state index in [9.17, 15) is 9.59 Å². The molecule has 1 aromatic rings. The van der Waals surface area contributed by atoms with Crippen LogP contribution in [0.2, 0.25) is 0 Å². The molecule has 1 aliphatic rings. The Balaban J connectivity index is 1.53. The Hall–Kier alpha value is -2.08. The maximum Gasteiger partial charge on any atom is 0.508 e. The molecule has 0 aliphatic carbocycles. The summed E-state index contributed by atoms with van der Waals surface area (Å²) < 4.78 is 15.5. The molecule has 0 radical (unpaired) electrons. The first-order valence-corrected chi connectivity index (χ1v) is 8.76. The van der Waals surface area contributed by atoms with Crippen LogP contribution in [0.4, 0.5) is 4.79 Å². The van der Waals surface area contributed by atoms with Crippen molar-refractivity contribution < 1.29 is 23.8 Å². The molecule has 138 valence electrons. The largest absolute Gasteiger partial charge is 0.508 e. The Bertz CT molecular complexity index is 567. The van der Waals surface area contributed by atoms with Gasteiger partial charge < -0.3 is 19.1 Å². The van der Waals surface area contributed by atoms with E-state index in [2.05, 4.69) is 4.90 Å². The van der Waals surface area contributed by atoms with Gasteiger partial charge in [-0.25, -0.2) is 4.79 Å². The van der Waals surface area contributed by atoms with E-state index in [1.54, 1.807) is 0 Å². The van der Waals surface area contributed by atoms with Gasteiger partial charge in [-0.15, -0.1) is 0 Å². The standard InChI is InChI=1S/C19H27NO5/c1-15-5-3-6-16(13-15)14-24-18(21)7-4-12-23-19(22)25-17-8-10-20(2)11-9-17/h3,5-6,13,17H,4,7-12,14H2,1-2H3. The summed E-state index contributed by atoms with van der Waals surface area (Å²) in [6.07, 6.45) is 1.58. The zero-order valence-electron chi connectivity index (χ0n) is 15.0. The van der Waals surface area contributed by atoms with Gasteiger partial charge >= 0.3 is 12.1 Å². The van der Waals surface area contributed by atoms with Crippen LogP contribution in [0.25, 0.3) is 0 Å². The monoisotopic (exact) mass is 349 g/mol. The van der Waals surface area contributed by atoms with Crippen LogP contribution in [-0.2, 0) is 25.6 Å². The summed E-state index contributed by atoms with van der Waals surface area (Å²) in [7, 11) is 2.05. The number of likely N-dealkylation sites (tertiary alicyclic amines) is 1. The highest BCUT2D eigenvalue weighted by Gasteiger charge is 2.20. The fraction of sp³-hybridized carbons (Fsp3) is 0.579. The Labute approximate surface area is 149 Å². The third-order valence-electron chi connectivity index (χ3n) is 4.16. The predicted molar refractivity (Wildman–Crippen MR) is 93.2 cm³/mol. The molecule has 25 heavy (non-hydrogen) atoms. The van der Waals surface area contributed by atoms with Gasteiger partial charge in [-0.3, -0.25) is 4.79 Å². The topological polar surface area (TPSA) is 65.1 Å². The van der Waals surface area contributed by atoms with Crippen LogP contribution in [0.3, 0.4) is 0 Å². The van der Waals surface area contributed by atoms with Gasteiger partial charge in [-0.2, -0.15) is 0 Å². The molecule has 0 bridgehead atoms. The minimum Gasteiger partial charge on any atom is -0.461 e.